The van der Waals surface area contributed by atoms with Crippen LogP contribution < -0.4 is 0 Å². The molecule has 22 heavy (non-hydrogen) atoms. The summed E-state index contributed by atoms with van der Waals surface area (Å²) >= 11 is 0. The Labute approximate surface area is 122 Å². The first-order valence-electron chi connectivity index (χ1n) is 5.87. The SMILES string of the molecule is CC(OC(=O)c1cc([N+](=O)[O-])cc([N+](=O)[O-])c1)n1cncn1. The molecular weight excluding hydrogens is 298 g/mol. The number of nitro groups is 2. The Morgan fingerprint density at radius 3 is 2.27 bits per heavy atom. The van der Waals surface area contributed by atoms with Gasteiger partial charge < -0.3 is 4.74 Å². The van der Waals surface area contributed by atoms with Crippen LogP contribution in [0.4, 0.5) is 11.4 Å². The van der Waals surface area contributed by atoms with Gasteiger partial charge >= 0.3 is 5.97 Å². The number of rotatable bonds is 5. The number of hydrogen-bond acceptors (Lipinski definition) is 8. The normalized spacial score (nSPS) is 11.7. The van der Waals surface area contributed by atoms with Crippen LogP contribution in [-0.4, -0.2) is 30.6 Å². The van der Waals surface area contributed by atoms with E-state index in [1.165, 1.54) is 24.3 Å². The highest BCUT2D eigenvalue weighted by atomic mass is 16.6. The molecular formula is C11H9N5O6. The first kappa shape index (κ1) is 15.0. The number of nitrogens with zero attached hydrogens (tertiary/aromatic N) is 5. The van der Waals surface area contributed by atoms with Crippen LogP contribution in [0.5, 0.6) is 0 Å². The van der Waals surface area contributed by atoms with E-state index in [1.807, 2.05) is 0 Å². The number of aromatic nitrogens is 3. The molecule has 1 atom stereocenters. The molecule has 2 aromatic rings. The Bertz CT molecular complexity index is 696. The summed E-state index contributed by atoms with van der Waals surface area (Å²) in [6.07, 6.45) is 1.73. The lowest BCUT2D eigenvalue weighted by Crippen LogP contribution is -2.15. The highest BCUT2D eigenvalue weighted by Gasteiger charge is 2.22. The van der Waals surface area contributed by atoms with Crippen molar-refractivity contribution in [3.05, 3.63) is 56.6 Å². The first-order chi connectivity index (χ1) is 10.4. The minimum absolute atomic E-state index is 0.298. The second-order valence-electron chi connectivity index (χ2n) is 4.13. The number of non-ortho nitro benzene ring substituents is 2. The number of esters is 1. The fourth-order valence-corrected chi connectivity index (χ4v) is 1.61. The van der Waals surface area contributed by atoms with Crippen molar-refractivity contribution in [1.29, 1.82) is 0 Å². The molecule has 0 spiro atoms. The molecule has 0 amide bonds. The van der Waals surface area contributed by atoms with E-state index in [0.29, 0.717) is 0 Å². The molecule has 11 nitrogen and oxygen atoms in total. The number of benzene rings is 1. The van der Waals surface area contributed by atoms with Crippen LogP contribution in [0.15, 0.2) is 30.9 Å². The third kappa shape index (κ3) is 3.20. The lowest BCUT2D eigenvalue weighted by atomic mass is 10.2. The van der Waals surface area contributed by atoms with E-state index < -0.39 is 33.4 Å². The van der Waals surface area contributed by atoms with Crippen molar-refractivity contribution < 1.29 is 19.4 Å². The lowest BCUT2D eigenvalue weighted by molar-refractivity contribution is -0.394. The van der Waals surface area contributed by atoms with Gasteiger partial charge in [-0.2, -0.15) is 5.10 Å². The van der Waals surface area contributed by atoms with Crippen LogP contribution in [0.1, 0.15) is 23.5 Å². The van der Waals surface area contributed by atoms with Crippen molar-refractivity contribution in [3.8, 4) is 0 Å². The van der Waals surface area contributed by atoms with Gasteiger partial charge in [-0.3, -0.25) is 20.2 Å². The zero-order valence-electron chi connectivity index (χ0n) is 11.1. The second-order valence-corrected chi connectivity index (χ2v) is 4.13. The molecule has 0 radical (unpaired) electrons. The predicted octanol–water partition coefficient (Wildman–Crippen LogP) is 1.47. The van der Waals surface area contributed by atoms with E-state index in [0.717, 1.165) is 18.2 Å². The Hall–Kier alpha value is -3.37. The highest BCUT2D eigenvalue weighted by molar-refractivity contribution is 5.91. The third-order valence-electron chi connectivity index (χ3n) is 2.65. The fourth-order valence-electron chi connectivity index (χ4n) is 1.61. The van der Waals surface area contributed by atoms with Gasteiger partial charge in [-0.25, -0.2) is 14.5 Å². The van der Waals surface area contributed by atoms with Gasteiger partial charge in [0, 0.05) is 12.1 Å². The molecule has 0 N–H and O–H groups in total. The number of carbonyl (C=O) groups excluding carboxylic acids is 1. The van der Waals surface area contributed by atoms with E-state index in [1.54, 1.807) is 0 Å². The van der Waals surface area contributed by atoms with Gasteiger partial charge in [0.2, 0.25) is 0 Å². The molecule has 0 aliphatic rings. The topological polar surface area (TPSA) is 143 Å². The van der Waals surface area contributed by atoms with Crippen LogP contribution in [0.3, 0.4) is 0 Å². The molecule has 114 valence electrons. The maximum atomic E-state index is 12.0. The van der Waals surface area contributed by atoms with Gasteiger partial charge in [-0.1, -0.05) is 0 Å². The number of hydrogen-bond donors (Lipinski definition) is 0. The van der Waals surface area contributed by atoms with Gasteiger partial charge in [-0.05, 0) is 6.92 Å². The maximum Gasteiger partial charge on any atom is 0.340 e. The smallest absolute Gasteiger partial charge is 0.340 e. The quantitative estimate of drug-likeness (QED) is 0.458. The highest BCUT2D eigenvalue weighted by Crippen LogP contribution is 2.24. The summed E-state index contributed by atoms with van der Waals surface area (Å²) in [5.41, 5.74) is -1.45. The van der Waals surface area contributed by atoms with Crippen LogP contribution >= 0.6 is 0 Å². The van der Waals surface area contributed by atoms with Crippen LogP contribution in [0, 0.1) is 20.2 Å². The van der Waals surface area contributed by atoms with Crippen LogP contribution in [0.2, 0.25) is 0 Å². The minimum Gasteiger partial charge on any atom is -0.436 e. The Kier molecular flexibility index (Phi) is 4.06. The van der Waals surface area contributed by atoms with Crippen molar-refractivity contribution in [1.82, 2.24) is 14.8 Å². The van der Waals surface area contributed by atoms with E-state index in [4.69, 9.17) is 4.74 Å². The van der Waals surface area contributed by atoms with Gasteiger partial charge in [0.05, 0.1) is 21.5 Å². The molecule has 0 aliphatic carbocycles. The van der Waals surface area contributed by atoms with E-state index in [9.17, 15) is 25.0 Å². The second kappa shape index (κ2) is 5.95. The molecule has 1 aromatic heterocycles. The summed E-state index contributed by atoms with van der Waals surface area (Å²) in [6, 6.07) is 2.57. The van der Waals surface area contributed by atoms with Gasteiger partial charge in [0.25, 0.3) is 11.4 Å². The molecule has 0 aliphatic heterocycles. The summed E-state index contributed by atoms with van der Waals surface area (Å²) in [7, 11) is 0. The lowest BCUT2D eigenvalue weighted by Gasteiger charge is -2.12. The van der Waals surface area contributed by atoms with E-state index >= 15 is 0 Å². The predicted molar refractivity (Wildman–Crippen MR) is 69.9 cm³/mol. The summed E-state index contributed by atoms with van der Waals surface area (Å²) < 4.78 is 6.27. The Morgan fingerprint density at radius 2 is 1.82 bits per heavy atom. The minimum atomic E-state index is -0.949. The molecule has 1 unspecified atom stereocenters. The van der Waals surface area contributed by atoms with Crippen molar-refractivity contribution in [2.75, 3.05) is 0 Å². The summed E-state index contributed by atoms with van der Waals surface area (Å²) in [5.74, 6) is -0.949. The molecule has 1 heterocycles. The zero-order chi connectivity index (χ0) is 16.3. The monoisotopic (exact) mass is 307 g/mol. The number of nitro benzene ring substituents is 2. The van der Waals surface area contributed by atoms with Gasteiger partial charge in [0.1, 0.15) is 12.7 Å². The average Bonchev–Trinajstić information content (AvgIpc) is 3.00. The first-order valence-corrected chi connectivity index (χ1v) is 5.87. The van der Waals surface area contributed by atoms with Crippen molar-refractivity contribution >= 4 is 17.3 Å². The molecule has 0 fully saturated rings. The summed E-state index contributed by atoms with van der Waals surface area (Å²) in [6.45, 7) is 1.50. The van der Waals surface area contributed by atoms with Gasteiger partial charge in [0.15, 0.2) is 6.23 Å². The number of ether oxygens (including phenoxy) is 1. The molecule has 2 rings (SSSR count). The summed E-state index contributed by atoms with van der Waals surface area (Å²) in [5, 5.41) is 25.3. The summed E-state index contributed by atoms with van der Waals surface area (Å²) in [4.78, 5) is 35.5. The molecule has 0 saturated carbocycles. The van der Waals surface area contributed by atoms with Crippen LogP contribution in [-0.2, 0) is 4.74 Å². The van der Waals surface area contributed by atoms with Crippen molar-refractivity contribution in [2.24, 2.45) is 0 Å². The van der Waals surface area contributed by atoms with E-state index in [2.05, 4.69) is 10.1 Å². The zero-order valence-corrected chi connectivity index (χ0v) is 11.1. The standard InChI is InChI=1S/C11H9N5O6/c1-7(14-6-12-5-13-14)22-11(17)8-2-9(15(18)19)4-10(3-8)16(20)21/h2-7H,1H3. The molecule has 1 aromatic carbocycles. The largest absolute Gasteiger partial charge is 0.436 e. The fraction of sp³-hybridized carbons (Fsp3) is 0.182. The average molecular weight is 307 g/mol. The maximum absolute atomic E-state index is 12.0. The van der Waals surface area contributed by atoms with Crippen molar-refractivity contribution in [3.63, 3.8) is 0 Å². The third-order valence-corrected chi connectivity index (χ3v) is 2.65. The van der Waals surface area contributed by atoms with Gasteiger partial charge in [-0.15, -0.1) is 0 Å². The van der Waals surface area contributed by atoms with Crippen molar-refractivity contribution in [2.45, 2.75) is 13.2 Å². The van der Waals surface area contributed by atoms with E-state index in [-0.39, 0.29) is 5.56 Å². The number of carbonyl (C=O) groups is 1. The molecule has 11 heteroatoms. The Morgan fingerprint density at radius 1 is 1.23 bits per heavy atom. The molecule has 0 bridgehead atoms. The Balaban J connectivity index is 2.28. The molecule has 0 saturated heterocycles. The van der Waals surface area contributed by atoms with Crippen LogP contribution in [0.25, 0.3) is 0 Å².